The Morgan fingerprint density at radius 1 is 1.43 bits per heavy atom. The molecule has 0 N–H and O–H groups in total. The molecule has 1 aliphatic rings. The predicted octanol–water partition coefficient (Wildman–Crippen LogP) is -0.449. The van der Waals surface area contributed by atoms with Gasteiger partial charge in [0.15, 0.2) is 5.76 Å². The van der Waals surface area contributed by atoms with Crippen LogP contribution in [0.2, 0.25) is 0 Å². The van der Waals surface area contributed by atoms with Gasteiger partial charge >= 0.3 is 18.9 Å². The second-order valence-electron chi connectivity index (χ2n) is 2.89. The molecule has 0 saturated carbocycles. The zero-order valence-corrected chi connectivity index (χ0v) is 8.44. The van der Waals surface area contributed by atoms with E-state index < -0.39 is 0 Å². The van der Waals surface area contributed by atoms with Gasteiger partial charge in [0.25, 0.3) is 0 Å². The molecule has 0 atom stereocenters. The molecule has 0 saturated heterocycles. The molecule has 2 rings (SSSR count). The SMILES string of the molecule is CC1=C/C(=C\c2cc(C)no2)O[N-]1.[Li+]. The number of nitrogens with zero attached hydrogens (tertiary/aromatic N) is 2. The minimum Gasteiger partial charge on any atom is -0.557 e. The smallest absolute Gasteiger partial charge is 0.557 e. The molecule has 0 aliphatic carbocycles. The van der Waals surface area contributed by atoms with E-state index in [2.05, 4.69) is 10.6 Å². The average Bonchev–Trinajstić information content (AvgIpc) is 2.62. The van der Waals surface area contributed by atoms with E-state index in [-0.39, 0.29) is 18.9 Å². The largest absolute Gasteiger partial charge is 1.00 e. The van der Waals surface area contributed by atoms with Gasteiger partial charge in [-0.15, -0.1) is 5.70 Å². The molecular formula is C9H9LiN2O2. The third kappa shape index (κ3) is 2.44. The average molecular weight is 184 g/mol. The zero-order valence-electron chi connectivity index (χ0n) is 8.44. The molecule has 0 unspecified atom stereocenters. The Balaban J connectivity index is 0.000000980. The van der Waals surface area contributed by atoms with Gasteiger partial charge in [0.1, 0.15) is 5.76 Å². The van der Waals surface area contributed by atoms with E-state index in [1.807, 2.05) is 26.0 Å². The summed E-state index contributed by atoms with van der Waals surface area (Å²) in [7, 11) is 0. The van der Waals surface area contributed by atoms with Gasteiger partial charge in [-0.1, -0.05) is 12.1 Å². The molecule has 0 radical (unpaired) electrons. The molecule has 14 heavy (non-hydrogen) atoms. The second-order valence-corrected chi connectivity index (χ2v) is 2.89. The first-order valence-electron chi connectivity index (χ1n) is 3.95. The quantitative estimate of drug-likeness (QED) is 0.555. The van der Waals surface area contributed by atoms with Crippen LogP contribution in [0, 0.1) is 6.92 Å². The molecule has 1 aromatic rings. The number of hydroxylamine groups is 1. The minimum absolute atomic E-state index is 0. The van der Waals surface area contributed by atoms with E-state index in [9.17, 15) is 0 Å². The van der Waals surface area contributed by atoms with Crippen molar-refractivity contribution in [3.05, 3.63) is 40.5 Å². The van der Waals surface area contributed by atoms with Crippen LogP contribution in [0.5, 0.6) is 0 Å². The first kappa shape index (κ1) is 11.0. The fourth-order valence-electron chi connectivity index (χ4n) is 1.04. The summed E-state index contributed by atoms with van der Waals surface area (Å²) in [6.45, 7) is 3.74. The first-order valence-corrected chi connectivity index (χ1v) is 3.95. The maximum Gasteiger partial charge on any atom is 1.00 e. The van der Waals surface area contributed by atoms with E-state index in [1.54, 1.807) is 6.08 Å². The van der Waals surface area contributed by atoms with Crippen molar-refractivity contribution in [1.29, 1.82) is 0 Å². The summed E-state index contributed by atoms with van der Waals surface area (Å²) in [6.07, 6.45) is 3.58. The van der Waals surface area contributed by atoms with Crippen molar-refractivity contribution in [2.75, 3.05) is 0 Å². The fraction of sp³-hybridized carbons (Fsp3) is 0.222. The van der Waals surface area contributed by atoms with Crippen molar-refractivity contribution in [1.82, 2.24) is 5.16 Å². The van der Waals surface area contributed by atoms with Crippen molar-refractivity contribution in [2.45, 2.75) is 13.8 Å². The maximum atomic E-state index is 4.98. The number of aryl methyl sites for hydroxylation is 1. The molecule has 0 aromatic carbocycles. The van der Waals surface area contributed by atoms with Crippen LogP contribution < -0.4 is 18.9 Å². The van der Waals surface area contributed by atoms with Crippen LogP contribution >= 0.6 is 0 Å². The third-order valence-corrected chi connectivity index (χ3v) is 1.58. The van der Waals surface area contributed by atoms with E-state index in [0.717, 1.165) is 11.4 Å². The third-order valence-electron chi connectivity index (χ3n) is 1.58. The van der Waals surface area contributed by atoms with Crippen LogP contribution in [0.3, 0.4) is 0 Å². The molecule has 1 aliphatic heterocycles. The summed E-state index contributed by atoms with van der Waals surface area (Å²) in [5.74, 6) is 1.35. The Bertz CT molecular complexity index is 382. The summed E-state index contributed by atoms with van der Waals surface area (Å²) >= 11 is 0. The summed E-state index contributed by atoms with van der Waals surface area (Å²) in [5, 5.41) is 3.75. The van der Waals surface area contributed by atoms with E-state index in [4.69, 9.17) is 9.36 Å². The van der Waals surface area contributed by atoms with Crippen molar-refractivity contribution in [3.63, 3.8) is 0 Å². The van der Waals surface area contributed by atoms with Crippen molar-refractivity contribution in [2.24, 2.45) is 0 Å². The van der Waals surface area contributed by atoms with E-state index in [1.165, 1.54) is 0 Å². The van der Waals surface area contributed by atoms with Crippen LogP contribution in [0.1, 0.15) is 18.4 Å². The predicted molar refractivity (Wildman–Crippen MR) is 47.4 cm³/mol. The number of aromatic nitrogens is 1. The second kappa shape index (κ2) is 4.40. The van der Waals surface area contributed by atoms with Crippen molar-refractivity contribution in [3.8, 4) is 0 Å². The Labute approximate surface area is 94.1 Å². The molecule has 2 heterocycles. The number of allylic oxidation sites excluding steroid dienone is 2. The van der Waals surface area contributed by atoms with Crippen LogP contribution in [0.25, 0.3) is 11.6 Å². The number of hydrogen-bond donors (Lipinski definition) is 0. The standard InChI is InChI=1S/C9H9N2O2.Li/c1-6-3-8(12-10-6)5-9-4-7(2)11-13-9;/h3-5H,1-2H3;/q-1;+1/b8-5+;. The molecule has 4 nitrogen and oxygen atoms in total. The van der Waals surface area contributed by atoms with E-state index in [0.29, 0.717) is 11.5 Å². The Morgan fingerprint density at radius 3 is 2.71 bits per heavy atom. The molecule has 0 amide bonds. The maximum absolute atomic E-state index is 4.98. The summed E-state index contributed by atoms with van der Waals surface area (Å²) in [4.78, 5) is 4.98. The molecule has 0 bridgehead atoms. The van der Waals surface area contributed by atoms with Gasteiger partial charge in [-0.05, 0) is 13.0 Å². The van der Waals surface area contributed by atoms with E-state index >= 15 is 0 Å². The van der Waals surface area contributed by atoms with Crippen LogP contribution in [-0.4, -0.2) is 5.16 Å². The summed E-state index contributed by atoms with van der Waals surface area (Å²) in [5.41, 5.74) is 5.45. The number of rotatable bonds is 1. The Kier molecular flexibility index (Phi) is 3.45. The van der Waals surface area contributed by atoms with Gasteiger partial charge < -0.3 is 14.8 Å². The molecule has 1 aromatic heterocycles. The van der Waals surface area contributed by atoms with Crippen molar-refractivity contribution < 1.29 is 28.2 Å². The van der Waals surface area contributed by atoms with Crippen molar-refractivity contribution >= 4 is 6.08 Å². The van der Waals surface area contributed by atoms with Crippen LogP contribution in [0.15, 0.2) is 28.1 Å². The summed E-state index contributed by atoms with van der Waals surface area (Å²) in [6, 6.07) is 1.83. The number of hydrogen-bond acceptors (Lipinski definition) is 3. The molecule has 0 spiro atoms. The molecule has 5 heteroatoms. The van der Waals surface area contributed by atoms with Gasteiger partial charge in [0, 0.05) is 12.1 Å². The zero-order chi connectivity index (χ0) is 9.26. The topological polar surface area (TPSA) is 49.4 Å². The Morgan fingerprint density at radius 2 is 2.21 bits per heavy atom. The monoisotopic (exact) mass is 184 g/mol. The van der Waals surface area contributed by atoms with Gasteiger partial charge in [0.2, 0.25) is 0 Å². The molecule has 0 fully saturated rings. The summed E-state index contributed by atoms with van der Waals surface area (Å²) < 4.78 is 4.98. The van der Waals surface area contributed by atoms with Crippen LogP contribution in [0.4, 0.5) is 0 Å². The van der Waals surface area contributed by atoms with Gasteiger partial charge in [-0.3, -0.25) is 0 Å². The normalized spacial score (nSPS) is 17.0. The Hall–Kier alpha value is -1.11. The first-order chi connectivity index (χ1) is 6.24. The van der Waals surface area contributed by atoms with Crippen LogP contribution in [-0.2, 0) is 4.84 Å². The molecular weight excluding hydrogens is 175 g/mol. The van der Waals surface area contributed by atoms with Gasteiger partial charge in [-0.25, -0.2) is 0 Å². The fourth-order valence-corrected chi connectivity index (χ4v) is 1.04. The van der Waals surface area contributed by atoms with Gasteiger partial charge in [-0.2, -0.15) is 0 Å². The van der Waals surface area contributed by atoms with Gasteiger partial charge in [0.05, 0.1) is 5.69 Å². The molecule has 68 valence electrons. The minimum atomic E-state index is 0.